The minimum atomic E-state index is -0.242. The lowest BCUT2D eigenvalue weighted by Crippen LogP contribution is -2.29. The fourth-order valence-electron chi connectivity index (χ4n) is 2.55. The van der Waals surface area contributed by atoms with Crippen LogP contribution >= 0.6 is 23.4 Å². The second-order valence-electron chi connectivity index (χ2n) is 6.15. The molecule has 0 fully saturated rings. The number of thioether (sulfide) groups is 1. The van der Waals surface area contributed by atoms with Crippen molar-refractivity contribution in [1.82, 2.24) is 14.8 Å². The van der Waals surface area contributed by atoms with Crippen LogP contribution in [-0.2, 0) is 12.5 Å². The molecule has 158 valence electrons. The standard InChI is InChI=1S/C21H23ClN4O3S/c1-3-28-17-11-7-16(8-12-17)23-21-25-24-19(20(27)26(21)14-30-4-2)13-29-18-9-5-15(22)6-10-18/h5-12H,3-4,13-14H2,1-2H3,(H,23,25). The Morgan fingerprint density at radius 3 is 2.33 bits per heavy atom. The number of benzene rings is 2. The number of aromatic nitrogens is 3. The summed E-state index contributed by atoms with van der Waals surface area (Å²) in [5, 5.41) is 12.1. The van der Waals surface area contributed by atoms with E-state index in [-0.39, 0.29) is 17.9 Å². The Bertz CT molecular complexity index is 1010. The van der Waals surface area contributed by atoms with Gasteiger partial charge in [0.2, 0.25) is 5.95 Å². The molecular weight excluding hydrogens is 424 g/mol. The highest BCUT2D eigenvalue weighted by molar-refractivity contribution is 7.98. The van der Waals surface area contributed by atoms with Gasteiger partial charge in [0.15, 0.2) is 5.69 Å². The maximum atomic E-state index is 13.0. The van der Waals surface area contributed by atoms with Gasteiger partial charge in [0.25, 0.3) is 5.56 Å². The van der Waals surface area contributed by atoms with Crippen LogP contribution in [-0.4, -0.2) is 27.1 Å². The average Bonchev–Trinajstić information content (AvgIpc) is 2.75. The molecule has 0 amide bonds. The molecule has 0 atom stereocenters. The second kappa shape index (κ2) is 10.9. The number of hydrogen-bond donors (Lipinski definition) is 1. The van der Waals surface area contributed by atoms with Gasteiger partial charge >= 0.3 is 0 Å². The van der Waals surface area contributed by atoms with Crippen molar-refractivity contribution in [3.8, 4) is 11.5 Å². The van der Waals surface area contributed by atoms with E-state index in [2.05, 4.69) is 15.5 Å². The van der Waals surface area contributed by atoms with Gasteiger partial charge < -0.3 is 14.8 Å². The number of nitrogens with one attached hydrogen (secondary N) is 1. The molecule has 0 saturated carbocycles. The maximum absolute atomic E-state index is 13.0. The number of halogens is 1. The van der Waals surface area contributed by atoms with E-state index >= 15 is 0 Å². The van der Waals surface area contributed by atoms with Gasteiger partial charge in [0, 0.05) is 10.7 Å². The van der Waals surface area contributed by atoms with Gasteiger partial charge in [0.1, 0.15) is 18.1 Å². The Morgan fingerprint density at radius 2 is 1.67 bits per heavy atom. The highest BCUT2D eigenvalue weighted by Gasteiger charge is 2.13. The molecule has 1 N–H and O–H groups in total. The van der Waals surface area contributed by atoms with Crippen LogP contribution in [0.1, 0.15) is 19.5 Å². The van der Waals surface area contributed by atoms with Crippen LogP contribution in [0, 0.1) is 0 Å². The predicted molar refractivity (Wildman–Crippen MR) is 121 cm³/mol. The number of anilines is 2. The summed E-state index contributed by atoms with van der Waals surface area (Å²) in [4.78, 5) is 13.0. The molecule has 3 rings (SSSR count). The topological polar surface area (TPSA) is 78.3 Å². The molecule has 1 aromatic heterocycles. The van der Waals surface area contributed by atoms with Crippen LogP contribution in [0.5, 0.6) is 11.5 Å². The van der Waals surface area contributed by atoms with Gasteiger partial charge in [-0.3, -0.25) is 9.36 Å². The van der Waals surface area contributed by atoms with Crippen LogP contribution in [0.3, 0.4) is 0 Å². The molecule has 3 aromatic rings. The maximum Gasteiger partial charge on any atom is 0.281 e. The van der Waals surface area contributed by atoms with E-state index in [1.807, 2.05) is 38.1 Å². The number of ether oxygens (including phenoxy) is 2. The first kappa shape index (κ1) is 22.0. The summed E-state index contributed by atoms with van der Waals surface area (Å²) in [6.45, 7) is 4.59. The van der Waals surface area contributed by atoms with Crippen molar-refractivity contribution in [3.63, 3.8) is 0 Å². The molecule has 0 bridgehead atoms. The third kappa shape index (κ3) is 5.90. The van der Waals surface area contributed by atoms with Crippen LogP contribution in [0.15, 0.2) is 53.3 Å². The van der Waals surface area contributed by atoms with E-state index in [0.29, 0.717) is 29.2 Å². The van der Waals surface area contributed by atoms with Crippen LogP contribution in [0.2, 0.25) is 5.02 Å². The van der Waals surface area contributed by atoms with Crippen LogP contribution in [0.4, 0.5) is 11.6 Å². The molecule has 7 nitrogen and oxygen atoms in total. The summed E-state index contributed by atoms with van der Waals surface area (Å²) < 4.78 is 12.7. The molecule has 0 radical (unpaired) electrons. The second-order valence-corrected chi connectivity index (χ2v) is 7.83. The predicted octanol–water partition coefficient (Wildman–Crippen LogP) is 4.72. The molecule has 2 aromatic carbocycles. The van der Waals surface area contributed by atoms with E-state index in [1.165, 1.54) is 0 Å². The third-order valence-electron chi connectivity index (χ3n) is 4.05. The Morgan fingerprint density at radius 1 is 1.00 bits per heavy atom. The Hall–Kier alpha value is -2.71. The molecule has 0 unspecified atom stereocenters. The van der Waals surface area contributed by atoms with Crippen LogP contribution in [0.25, 0.3) is 0 Å². The van der Waals surface area contributed by atoms with Crippen molar-refractivity contribution in [2.45, 2.75) is 26.3 Å². The molecule has 9 heteroatoms. The van der Waals surface area contributed by atoms with Gasteiger partial charge in [-0.15, -0.1) is 22.0 Å². The minimum absolute atomic E-state index is 0.0214. The zero-order chi connectivity index (χ0) is 21.3. The highest BCUT2D eigenvalue weighted by Crippen LogP contribution is 2.20. The van der Waals surface area contributed by atoms with Gasteiger partial charge in [0.05, 0.1) is 12.5 Å². The van der Waals surface area contributed by atoms with Crippen molar-refractivity contribution in [1.29, 1.82) is 0 Å². The Kier molecular flexibility index (Phi) is 7.98. The van der Waals surface area contributed by atoms with E-state index in [0.717, 1.165) is 17.2 Å². The van der Waals surface area contributed by atoms with E-state index in [1.54, 1.807) is 40.6 Å². The van der Waals surface area contributed by atoms with Gasteiger partial charge in [-0.05, 0) is 61.2 Å². The lowest BCUT2D eigenvalue weighted by molar-refractivity contribution is 0.296. The zero-order valence-corrected chi connectivity index (χ0v) is 18.4. The fraction of sp³-hybridized carbons (Fsp3) is 0.286. The quantitative estimate of drug-likeness (QED) is 0.482. The molecule has 0 aliphatic heterocycles. The lowest BCUT2D eigenvalue weighted by atomic mass is 10.3. The first-order valence-electron chi connectivity index (χ1n) is 9.53. The summed E-state index contributed by atoms with van der Waals surface area (Å²) in [6, 6.07) is 14.4. The molecule has 30 heavy (non-hydrogen) atoms. The van der Waals surface area contributed by atoms with Crippen molar-refractivity contribution < 1.29 is 9.47 Å². The molecule has 0 saturated heterocycles. The van der Waals surface area contributed by atoms with Crippen molar-refractivity contribution in [2.75, 3.05) is 17.7 Å². The smallest absolute Gasteiger partial charge is 0.281 e. The summed E-state index contributed by atoms with van der Waals surface area (Å²) in [5.74, 6) is 3.08. The third-order valence-corrected chi connectivity index (χ3v) is 5.15. The highest BCUT2D eigenvalue weighted by atomic mass is 35.5. The van der Waals surface area contributed by atoms with E-state index < -0.39 is 0 Å². The molecule has 1 heterocycles. The normalized spacial score (nSPS) is 10.6. The summed E-state index contributed by atoms with van der Waals surface area (Å²) in [5.41, 5.74) is 0.778. The fourth-order valence-corrected chi connectivity index (χ4v) is 3.29. The lowest BCUT2D eigenvalue weighted by Gasteiger charge is -2.14. The average molecular weight is 447 g/mol. The van der Waals surface area contributed by atoms with Crippen LogP contribution < -0.4 is 20.3 Å². The minimum Gasteiger partial charge on any atom is -0.494 e. The molecular formula is C21H23ClN4O3S. The summed E-state index contributed by atoms with van der Waals surface area (Å²) in [7, 11) is 0. The largest absolute Gasteiger partial charge is 0.494 e. The number of hydrogen-bond acceptors (Lipinski definition) is 7. The summed E-state index contributed by atoms with van der Waals surface area (Å²) in [6.07, 6.45) is 0. The van der Waals surface area contributed by atoms with Gasteiger partial charge in [-0.1, -0.05) is 18.5 Å². The molecule has 0 aliphatic carbocycles. The first-order valence-corrected chi connectivity index (χ1v) is 11.1. The number of nitrogens with zero attached hydrogens (tertiary/aromatic N) is 3. The summed E-state index contributed by atoms with van der Waals surface area (Å²) >= 11 is 7.50. The van der Waals surface area contributed by atoms with Gasteiger partial charge in [-0.25, -0.2) is 0 Å². The van der Waals surface area contributed by atoms with E-state index in [9.17, 15) is 4.79 Å². The van der Waals surface area contributed by atoms with E-state index in [4.69, 9.17) is 21.1 Å². The SMILES string of the molecule is CCOc1ccc(Nc2nnc(COc3ccc(Cl)cc3)c(=O)n2CSCC)cc1. The van der Waals surface area contributed by atoms with Gasteiger partial charge in [-0.2, -0.15) is 0 Å². The first-order chi connectivity index (χ1) is 14.6. The Labute approximate surface area is 184 Å². The molecule has 0 spiro atoms. The van der Waals surface area contributed by atoms with Crippen molar-refractivity contribution in [3.05, 3.63) is 69.6 Å². The monoisotopic (exact) mass is 446 g/mol. The Balaban J connectivity index is 1.79. The van der Waals surface area contributed by atoms with Crippen molar-refractivity contribution in [2.24, 2.45) is 0 Å². The number of rotatable bonds is 10. The van der Waals surface area contributed by atoms with Crippen molar-refractivity contribution >= 4 is 35.0 Å². The molecule has 0 aliphatic rings. The zero-order valence-electron chi connectivity index (χ0n) is 16.8.